The van der Waals surface area contributed by atoms with Gasteiger partial charge in [0.2, 0.25) is 5.91 Å². The molecule has 132 valence electrons. The second-order valence-electron chi connectivity index (χ2n) is 6.29. The molecule has 0 radical (unpaired) electrons. The Morgan fingerprint density at radius 1 is 1.08 bits per heavy atom. The number of aromatic carboxylic acids is 1. The van der Waals surface area contributed by atoms with Gasteiger partial charge in [0.25, 0.3) is 0 Å². The van der Waals surface area contributed by atoms with Gasteiger partial charge in [-0.05, 0) is 49.7 Å². The molecule has 25 heavy (non-hydrogen) atoms. The second kappa shape index (κ2) is 7.94. The minimum Gasteiger partial charge on any atom is -0.476 e. The van der Waals surface area contributed by atoms with Gasteiger partial charge in [-0.1, -0.05) is 18.6 Å². The topological polar surface area (TPSA) is 87.5 Å². The molecule has 0 atom stereocenters. The van der Waals surface area contributed by atoms with Crippen LogP contribution in [-0.2, 0) is 17.9 Å². The highest BCUT2D eigenvalue weighted by molar-refractivity contribution is 5.90. The summed E-state index contributed by atoms with van der Waals surface area (Å²) in [5, 5.41) is 15.5. The van der Waals surface area contributed by atoms with Gasteiger partial charge >= 0.3 is 5.97 Å². The molecule has 1 aliphatic rings. The molecule has 0 unspecified atom stereocenters. The van der Waals surface area contributed by atoms with Gasteiger partial charge in [0, 0.05) is 18.4 Å². The number of carbonyl (C=O) groups is 2. The lowest BCUT2D eigenvalue weighted by molar-refractivity contribution is -0.116. The minimum absolute atomic E-state index is 0.0250. The highest BCUT2D eigenvalue weighted by Crippen LogP contribution is 2.15. The summed E-state index contributed by atoms with van der Waals surface area (Å²) < 4.78 is 1.31. The van der Waals surface area contributed by atoms with Gasteiger partial charge in [-0.3, -0.25) is 14.4 Å². The lowest BCUT2D eigenvalue weighted by atomic mass is 10.1. The van der Waals surface area contributed by atoms with Crippen molar-refractivity contribution in [3.8, 4) is 0 Å². The molecule has 7 heteroatoms. The Kier molecular flexibility index (Phi) is 5.45. The molecular formula is C18H22N4O3. The number of hydrogen-bond acceptors (Lipinski definition) is 4. The summed E-state index contributed by atoms with van der Waals surface area (Å²) in [6.07, 6.45) is 5.34. The Bertz CT molecular complexity index is 733. The molecule has 2 heterocycles. The summed E-state index contributed by atoms with van der Waals surface area (Å²) >= 11 is 0. The van der Waals surface area contributed by atoms with Crippen molar-refractivity contribution in [3.05, 3.63) is 47.8 Å². The van der Waals surface area contributed by atoms with E-state index in [0.717, 1.165) is 25.3 Å². The predicted molar refractivity (Wildman–Crippen MR) is 93.4 cm³/mol. The van der Waals surface area contributed by atoms with Crippen molar-refractivity contribution in [2.45, 2.75) is 32.4 Å². The van der Waals surface area contributed by atoms with E-state index in [0.29, 0.717) is 0 Å². The van der Waals surface area contributed by atoms with Crippen LogP contribution in [0.15, 0.2) is 36.5 Å². The van der Waals surface area contributed by atoms with Gasteiger partial charge in [0.05, 0.1) is 0 Å². The number of carbonyl (C=O) groups excluding carboxylic acids is 1. The summed E-state index contributed by atoms with van der Waals surface area (Å²) in [6, 6.07) is 9.21. The van der Waals surface area contributed by atoms with E-state index in [1.54, 1.807) is 0 Å². The van der Waals surface area contributed by atoms with E-state index >= 15 is 0 Å². The number of nitrogens with zero attached hydrogens (tertiary/aromatic N) is 3. The molecule has 1 saturated heterocycles. The van der Waals surface area contributed by atoms with Crippen LogP contribution in [0.4, 0.5) is 5.69 Å². The molecule has 0 spiro atoms. The van der Waals surface area contributed by atoms with Crippen molar-refractivity contribution in [1.82, 2.24) is 14.7 Å². The first-order valence-electron chi connectivity index (χ1n) is 8.48. The predicted octanol–water partition coefficient (Wildman–Crippen LogP) is 2.21. The van der Waals surface area contributed by atoms with Crippen molar-refractivity contribution in [2.75, 3.05) is 18.4 Å². The van der Waals surface area contributed by atoms with E-state index in [4.69, 9.17) is 5.11 Å². The number of carboxylic acid groups (broad SMARTS) is 1. The van der Waals surface area contributed by atoms with Gasteiger partial charge in [-0.15, -0.1) is 0 Å². The van der Waals surface area contributed by atoms with Crippen molar-refractivity contribution < 1.29 is 14.7 Å². The van der Waals surface area contributed by atoms with E-state index in [1.165, 1.54) is 41.8 Å². The fraction of sp³-hybridized carbons (Fsp3) is 0.389. The van der Waals surface area contributed by atoms with E-state index in [-0.39, 0.29) is 18.1 Å². The zero-order valence-electron chi connectivity index (χ0n) is 14.0. The number of aromatic nitrogens is 2. The monoisotopic (exact) mass is 342 g/mol. The molecule has 3 rings (SSSR count). The molecule has 0 aliphatic carbocycles. The summed E-state index contributed by atoms with van der Waals surface area (Å²) in [5.74, 6) is -1.35. The maximum absolute atomic E-state index is 12.0. The molecule has 2 N–H and O–H groups in total. The summed E-state index contributed by atoms with van der Waals surface area (Å²) in [5.41, 5.74) is 1.88. The molecule has 1 fully saturated rings. The molecule has 0 bridgehead atoms. The first kappa shape index (κ1) is 17.2. The highest BCUT2D eigenvalue weighted by Gasteiger charge is 2.11. The molecule has 7 nitrogen and oxygen atoms in total. The number of amides is 1. The lowest BCUT2D eigenvalue weighted by Gasteiger charge is -2.26. The van der Waals surface area contributed by atoms with Gasteiger partial charge in [0.15, 0.2) is 5.69 Å². The molecule has 1 amide bonds. The number of anilines is 1. The number of benzene rings is 1. The fourth-order valence-corrected chi connectivity index (χ4v) is 2.98. The average molecular weight is 342 g/mol. The SMILES string of the molecule is O=C(Cn1ccc(C(=O)O)n1)Nc1ccc(CN2CCCCC2)cc1. The Balaban J connectivity index is 1.51. The fourth-order valence-electron chi connectivity index (χ4n) is 2.98. The van der Waals surface area contributed by atoms with Gasteiger partial charge in [-0.25, -0.2) is 4.79 Å². The van der Waals surface area contributed by atoms with Crippen molar-refractivity contribution in [3.63, 3.8) is 0 Å². The first-order chi connectivity index (χ1) is 12.1. The third-order valence-corrected chi connectivity index (χ3v) is 4.26. The molecule has 0 saturated carbocycles. The Hall–Kier alpha value is -2.67. The Labute approximate surface area is 146 Å². The van der Waals surface area contributed by atoms with Crippen molar-refractivity contribution in [2.24, 2.45) is 0 Å². The first-order valence-corrected chi connectivity index (χ1v) is 8.48. The maximum atomic E-state index is 12.0. The number of nitrogens with one attached hydrogen (secondary N) is 1. The largest absolute Gasteiger partial charge is 0.476 e. The molecule has 1 aromatic heterocycles. The second-order valence-corrected chi connectivity index (χ2v) is 6.29. The molecule has 1 aliphatic heterocycles. The molecular weight excluding hydrogens is 320 g/mol. The van der Waals surface area contributed by atoms with Crippen LogP contribution in [0.2, 0.25) is 0 Å². The van der Waals surface area contributed by atoms with Gasteiger partial charge in [0.1, 0.15) is 6.54 Å². The van der Waals surface area contributed by atoms with E-state index in [2.05, 4.69) is 15.3 Å². The van der Waals surface area contributed by atoms with Crippen LogP contribution < -0.4 is 5.32 Å². The smallest absolute Gasteiger partial charge is 0.356 e. The molecule has 2 aromatic rings. The van der Waals surface area contributed by atoms with E-state index in [1.807, 2.05) is 24.3 Å². The van der Waals surface area contributed by atoms with Crippen LogP contribution in [-0.4, -0.2) is 44.8 Å². The van der Waals surface area contributed by atoms with E-state index < -0.39 is 5.97 Å². The maximum Gasteiger partial charge on any atom is 0.356 e. The zero-order valence-corrected chi connectivity index (χ0v) is 14.0. The number of piperidine rings is 1. The van der Waals surface area contributed by atoms with Gasteiger partial charge < -0.3 is 10.4 Å². The molecule has 1 aromatic carbocycles. The van der Waals surface area contributed by atoms with Crippen molar-refractivity contribution >= 4 is 17.6 Å². The summed E-state index contributed by atoms with van der Waals surface area (Å²) in [6.45, 7) is 3.23. The third-order valence-electron chi connectivity index (χ3n) is 4.26. The minimum atomic E-state index is -1.11. The van der Waals surface area contributed by atoms with Crippen LogP contribution in [0.1, 0.15) is 35.3 Å². The third kappa shape index (κ3) is 4.90. The van der Waals surface area contributed by atoms with Crippen LogP contribution >= 0.6 is 0 Å². The number of rotatable bonds is 6. The Morgan fingerprint density at radius 2 is 1.80 bits per heavy atom. The quantitative estimate of drug-likeness (QED) is 0.840. The lowest BCUT2D eigenvalue weighted by Crippen LogP contribution is -2.29. The number of carboxylic acids is 1. The summed E-state index contributed by atoms with van der Waals surface area (Å²) in [4.78, 5) is 25.3. The van der Waals surface area contributed by atoms with Crippen LogP contribution in [0.5, 0.6) is 0 Å². The zero-order chi connectivity index (χ0) is 17.6. The van der Waals surface area contributed by atoms with Crippen molar-refractivity contribution in [1.29, 1.82) is 0 Å². The average Bonchev–Trinajstić information content (AvgIpc) is 3.06. The van der Waals surface area contributed by atoms with Gasteiger partial charge in [-0.2, -0.15) is 5.10 Å². The highest BCUT2D eigenvalue weighted by atomic mass is 16.4. The normalized spacial score (nSPS) is 15.0. The van der Waals surface area contributed by atoms with E-state index in [9.17, 15) is 9.59 Å². The number of likely N-dealkylation sites (tertiary alicyclic amines) is 1. The van der Waals surface area contributed by atoms with Crippen LogP contribution in [0.3, 0.4) is 0 Å². The standard InChI is InChI=1S/C18H22N4O3/c23-17(13-22-11-8-16(20-22)18(24)25)19-15-6-4-14(5-7-15)12-21-9-2-1-3-10-21/h4-8,11H,1-3,9-10,12-13H2,(H,19,23)(H,24,25). The van der Waals surface area contributed by atoms with Crippen LogP contribution in [0, 0.1) is 0 Å². The Morgan fingerprint density at radius 3 is 2.44 bits per heavy atom. The summed E-state index contributed by atoms with van der Waals surface area (Å²) in [7, 11) is 0. The van der Waals surface area contributed by atoms with Crippen LogP contribution in [0.25, 0.3) is 0 Å². The number of hydrogen-bond donors (Lipinski definition) is 2.